The molecule has 0 spiro atoms. The molecule has 0 radical (unpaired) electrons. The van der Waals surface area contributed by atoms with Crippen LogP contribution < -0.4 is 10.6 Å². The number of aromatic nitrogens is 2. The first kappa shape index (κ1) is 13.4. The average Bonchev–Trinajstić information content (AvgIpc) is 2.28. The SMILES string of the molecule is CNc1cnc(C(=O)NC(C)CC(C)C)cn1. The summed E-state index contributed by atoms with van der Waals surface area (Å²) in [5.74, 6) is 1.04. The molecule has 17 heavy (non-hydrogen) atoms. The van der Waals surface area contributed by atoms with E-state index in [1.807, 2.05) is 6.92 Å². The molecule has 1 amide bonds. The van der Waals surface area contributed by atoms with Gasteiger partial charge >= 0.3 is 0 Å². The Hall–Kier alpha value is -1.65. The summed E-state index contributed by atoms with van der Waals surface area (Å²) in [6.07, 6.45) is 3.97. The topological polar surface area (TPSA) is 66.9 Å². The van der Waals surface area contributed by atoms with Crippen molar-refractivity contribution in [1.29, 1.82) is 0 Å². The van der Waals surface area contributed by atoms with Gasteiger partial charge in [-0.05, 0) is 19.3 Å². The minimum atomic E-state index is -0.173. The van der Waals surface area contributed by atoms with E-state index in [0.29, 0.717) is 17.4 Å². The Morgan fingerprint density at radius 2 is 2.00 bits per heavy atom. The van der Waals surface area contributed by atoms with Crippen molar-refractivity contribution in [1.82, 2.24) is 15.3 Å². The van der Waals surface area contributed by atoms with Crippen molar-refractivity contribution in [3.8, 4) is 0 Å². The number of nitrogens with zero attached hydrogens (tertiary/aromatic N) is 2. The van der Waals surface area contributed by atoms with E-state index in [1.165, 1.54) is 6.20 Å². The summed E-state index contributed by atoms with van der Waals surface area (Å²) in [6.45, 7) is 6.25. The Kier molecular flexibility index (Phi) is 4.87. The maximum Gasteiger partial charge on any atom is 0.271 e. The number of carbonyl (C=O) groups excluding carboxylic acids is 1. The number of rotatable bonds is 5. The van der Waals surface area contributed by atoms with Crippen LogP contribution in [0.3, 0.4) is 0 Å². The van der Waals surface area contributed by atoms with E-state index >= 15 is 0 Å². The fourth-order valence-electron chi connectivity index (χ4n) is 1.64. The summed E-state index contributed by atoms with van der Waals surface area (Å²) in [5.41, 5.74) is 0.347. The van der Waals surface area contributed by atoms with Gasteiger partial charge in [-0.15, -0.1) is 0 Å². The van der Waals surface area contributed by atoms with Crippen molar-refractivity contribution in [2.45, 2.75) is 33.2 Å². The predicted molar refractivity (Wildman–Crippen MR) is 68.0 cm³/mol. The first-order valence-electron chi connectivity index (χ1n) is 5.83. The summed E-state index contributed by atoms with van der Waals surface area (Å²) in [4.78, 5) is 19.9. The Labute approximate surface area is 102 Å². The Morgan fingerprint density at radius 3 is 2.47 bits per heavy atom. The molecule has 5 nitrogen and oxygen atoms in total. The highest BCUT2D eigenvalue weighted by molar-refractivity contribution is 5.92. The van der Waals surface area contributed by atoms with Gasteiger partial charge in [0.25, 0.3) is 5.91 Å². The van der Waals surface area contributed by atoms with E-state index in [2.05, 4.69) is 34.4 Å². The van der Waals surface area contributed by atoms with Gasteiger partial charge in [0.2, 0.25) is 0 Å². The average molecular weight is 236 g/mol. The number of hydrogen-bond donors (Lipinski definition) is 2. The van der Waals surface area contributed by atoms with Crippen LogP contribution in [0.5, 0.6) is 0 Å². The van der Waals surface area contributed by atoms with E-state index < -0.39 is 0 Å². The highest BCUT2D eigenvalue weighted by Gasteiger charge is 2.12. The minimum absolute atomic E-state index is 0.147. The van der Waals surface area contributed by atoms with Crippen molar-refractivity contribution in [2.75, 3.05) is 12.4 Å². The number of carbonyl (C=O) groups is 1. The highest BCUT2D eigenvalue weighted by Crippen LogP contribution is 2.05. The summed E-state index contributed by atoms with van der Waals surface area (Å²) in [5, 5.41) is 5.76. The maximum absolute atomic E-state index is 11.8. The molecule has 0 saturated carbocycles. The molecule has 1 rings (SSSR count). The first-order chi connectivity index (χ1) is 8.02. The fourth-order valence-corrected chi connectivity index (χ4v) is 1.64. The van der Waals surface area contributed by atoms with Crippen molar-refractivity contribution < 1.29 is 4.79 Å². The van der Waals surface area contributed by atoms with Crippen molar-refractivity contribution in [3.63, 3.8) is 0 Å². The molecule has 0 aliphatic carbocycles. The number of anilines is 1. The van der Waals surface area contributed by atoms with Gasteiger partial charge in [0, 0.05) is 13.1 Å². The second-order valence-electron chi connectivity index (χ2n) is 4.54. The second kappa shape index (κ2) is 6.18. The highest BCUT2D eigenvalue weighted by atomic mass is 16.1. The van der Waals surface area contributed by atoms with Crippen LogP contribution in [-0.2, 0) is 0 Å². The molecule has 94 valence electrons. The van der Waals surface area contributed by atoms with E-state index in [1.54, 1.807) is 13.2 Å². The largest absolute Gasteiger partial charge is 0.372 e. The molecule has 1 heterocycles. The number of amides is 1. The molecule has 0 aliphatic heterocycles. The van der Waals surface area contributed by atoms with Crippen LogP contribution >= 0.6 is 0 Å². The van der Waals surface area contributed by atoms with Gasteiger partial charge in [0.05, 0.1) is 12.4 Å². The standard InChI is InChI=1S/C12H20N4O/c1-8(2)5-9(3)16-12(17)10-6-15-11(13-4)7-14-10/h6-9H,5H2,1-4H3,(H,13,15)(H,16,17). The summed E-state index contributed by atoms with van der Waals surface area (Å²) < 4.78 is 0. The summed E-state index contributed by atoms with van der Waals surface area (Å²) in [6, 6.07) is 0.147. The lowest BCUT2D eigenvalue weighted by atomic mass is 10.1. The van der Waals surface area contributed by atoms with E-state index in [0.717, 1.165) is 6.42 Å². The molecule has 0 bridgehead atoms. The molecule has 2 N–H and O–H groups in total. The first-order valence-corrected chi connectivity index (χ1v) is 5.83. The molecule has 5 heteroatoms. The van der Waals surface area contributed by atoms with Crippen LogP contribution in [0.2, 0.25) is 0 Å². The zero-order valence-electron chi connectivity index (χ0n) is 10.8. The van der Waals surface area contributed by atoms with Crippen molar-refractivity contribution in [3.05, 3.63) is 18.1 Å². The predicted octanol–water partition coefficient (Wildman–Crippen LogP) is 1.68. The third kappa shape index (κ3) is 4.38. The van der Waals surface area contributed by atoms with Crippen molar-refractivity contribution in [2.24, 2.45) is 5.92 Å². The molecule has 1 atom stereocenters. The third-order valence-electron chi connectivity index (χ3n) is 2.34. The lowest BCUT2D eigenvalue weighted by Gasteiger charge is -2.15. The molecule has 1 aromatic rings. The molecule has 1 unspecified atom stereocenters. The molecule has 0 aliphatic rings. The van der Waals surface area contributed by atoms with E-state index in [-0.39, 0.29) is 11.9 Å². The van der Waals surface area contributed by atoms with Crippen LogP contribution in [0.15, 0.2) is 12.4 Å². The summed E-state index contributed by atoms with van der Waals surface area (Å²) in [7, 11) is 1.76. The summed E-state index contributed by atoms with van der Waals surface area (Å²) >= 11 is 0. The Bertz CT molecular complexity index is 361. The monoisotopic (exact) mass is 236 g/mol. The lowest BCUT2D eigenvalue weighted by molar-refractivity contribution is 0.0930. The number of nitrogens with one attached hydrogen (secondary N) is 2. The lowest BCUT2D eigenvalue weighted by Crippen LogP contribution is -2.34. The van der Waals surface area contributed by atoms with Crippen LogP contribution in [0.4, 0.5) is 5.82 Å². The fraction of sp³-hybridized carbons (Fsp3) is 0.583. The number of hydrogen-bond acceptors (Lipinski definition) is 4. The zero-order valence-corrected chi connectivity index (χ0v) is 10.8. The molecular formula is C12H20N4O. The Morgan fingerprint density at radius 1 is 1.29 bits per heavy atom. The van der Waals surface area contributed by atoms with Crippen LogP contribution in [0.1, 0.15) is 37.7 Å². The molecule has 1 aromatic heterocycles. The van der Waals surface area contributed by atoms with Crippen LogP contribution in [0.25, 0.3) is 0 Å². The van der Waals surface area contributed by atoms with Gasteiger partial charge in [-0.25, -0.2) is 9.97 Å². The molecule has 0 saturated heterocycles. The normalized spacial score (nSPS) is 12.3. The maximum atomic E-state index is 11.8. The molecule has 0 fully saturated rings. The van der Waals surface area contributed by atoms with Crippen LogP contribution in [-0.4, -0.2) is 29.0 Å². The van der Waals surface area contributed by atoms with E-state index in [4.69, 9.17) is 0 Å². The quantitative estimate of drug-likeness (QED) is 0.816. The van der Waals surface area contributed by atoms with Gasteiger partial charge in [-0.3, -0.25) is 4.79 Å². The van der Waals surface area contributed by atoms with E-state index in [9.17, 15) is 4.79 Å². The van der Waals surface area contributed by atoms with Gasteiger partial charge in [0.1, 0.15) is 11.5 Å². The smallest absolute Gasteiger partial charge is 0.271 e. The molecule has 0 aromatic carbocycles. The van der Waals surface area contributed by atoms with Crippen LogP contribution in [0, 0.1) is 5.92 Å². The van der Waals surface area contributed by atoms with Gasteiger partial charge < -0.3 is 10.6 Å². The Balaban J connectivity index is 2.57. The third-order valence-corrected chi connectivity index (χ3v) is 2.34. The van der Waals surface area contributed by atoms with Gasteiger partial charge in [0.15, 0.2) is 0 Å². The molecular weight excluding hydrogens is 216 g/mol. The second-order valence-corrected chi connectivity index (χ2v) is 4.54. The van der Waals surface area contributed by atoms with Crippen molar-refractivity contribution >= 4 is 11.7 Å². The minimum Gasteiger partial charge on any atom is -0.372 e. The van der Waals surface area contributed by atoms with Gasteiger partial charge in [-0.1, -0.05) is 13.8 Å². The van der Waals surface area contributed by atoms with Gasteiger partial charge in [-0.2, -0.15) is 0 Å². The zero-order chi connectivity index (χ0) is 12.8.